The number of rotatable bonds is 8. The number of nitrogens with zero attached hydrogens (tertiary/aromatic N) is 2. The lowest BCUT2D eigenvalue weighted by Gasteiger charge is -2.18. The first-order valence-corrected chi connectivity index (χ1v) is 12.1. The summed E-state index contributed by atoms with van der Waals surface area (Å²) in [5, 5.41) is 7.26. The van der Waals surface area contributed by atoms with Crippen LogP contribution in [0.5, 0.6) is 5.75 Å². The summed E-state index contributed by atoms with van der Waals surface area (Å²) in [6, 6.07) is 20.5. The van der Waals surface area contributed by atoms with Gasteiger partial charge in [0.05, 0.1) is 12.2 Å². The van der Waals surface area contributed by atoms with Crippen molar-refractivity contribution in [2.45, 2.75) is 20.1 Å². The third-order valence-electron chi connectivity index (χ3n) is 4.79. The smallest absolute Gasteiger partial charge is 0.140 e. The van der Waals surface area contributed by atoms with Gasteiger partial charge in [-0.1, -0.05) is 49.1 Å². The number of hydrogen-bond donors (Lipinski definition) is 0. The van der Waals surface area contributed by atoms with Crippen LogP contribution in [-0.2, 0) is 13.2 Å². The molecule has 0 aliphatic rings. The maximum absolute atomic E-state index is 6.02. The summed E-state index contributed by atoms with van der Waals surface area (Å²) in [5.74, 6) is 7.39. The number of thiazole rings is 1. The van der Waals surface area contributed by atoms with E-state index < -0.39 is 0 Å². The molecule has 0 fully saturated rings. The lowest BCUT2D eigenvalue weighted by molar-refractivity contribution is 0.300. The van der Waals surface area contributed by atoms with E-state index in [0.29, 0.717) is 6.61 Å². The Morgan fingerprint density at radius 3 is 2.74 bits per heavy atom. The maximum atomic E-state index is 6.02. The molecule has 5 heteroatoms. The molecule has 0 spiro atoms. The van der Waals surface area contributed by atoms with Crippen molar-refractivity contribution in [3.63, 3.8) is 0 Å². The first-order chi connectivity index (χ1) is 15.3. The number of ether oxygens (including phenoxy) is 1. The second kappa shape index (κ2) is 10.9. The van der Waals surface area contributed by atoms with Crippen LogP contribution in [0.15, 0.2) is 76.8 Å². The number of hydrogen-bond acceptors (Lipinski definition) is 5. The van der Waals surface area contributed by atoms with Crippen LogP contribution < -0.4 is 4.74 Å². The van der Waals surface area contributed by atoms with Crippen molar-refractivity contribution in [3.8, 4) is 28.8 Å². The SMILES string of the molecule is CCN(CC#Cc1ccccc1)Cc1cccc(OCc2nc(-c3ccsc3)cs2)c1. The molecule has 0 radical (unpaired) electrons. The second-order valence-electron chi connectivity index (χ2n) is 7.05. The van der Waals surface area contributed by atoms with E-state index in [1.54, 1.807) is 22.7 Å². The van der Waals surface area contributed by atoms with Crippen LogP contribution in [0.25, 0.3) is 11.3 Å². The molecule has 0 saturated heterocycles. The van der Waals surface area contributed by atoms with E-state index in [0.717, 1.165) is 41.6 Å². The summed E-state index contributed by atoms with van der Waals surface area (Å²) < 4.78 is 6.02. The van der Waals surface area contributed by atoms with Gasteiger partial charge in [0, 0.05) is 28.4 Å². The summed E-state index contributed by atoms with van der Waals surface area (Å²) >= 11 is 3.32. The van der Waals surface area contributed by atoms with Crippen molar-refractivity contribution < 1.29 is 4.74 Å². The van der Waals surface area contributed by atoms with Gasteiger partial charge in [-0.2, -0.15) is 11.3 Å². The van der Waals surface area contributed by atoms with Crippen molar-refractivity contribution in [2.24, 2.45) is 0 Å². The van der Waals surface area contributed by atoms with Gasteiger partial charge in [-0.05, 0) is 47.8 Å². The highest BCUT2D eigenvalue weighted by Crippen LogP contribution is 2.25. The summed E-state index contributed by atoms with van der Waals surface area (Å²) in [7, 11) is 0. The molecule has 2 aromatic heterocycles. The summed E-state index contributed by atoms with van der Waals surface area (Å²) in [6.07, 6.45) is 0. The minimum atomic E-state index is 0.484. The van der Waals surface area contributed by atoms with Crippen molar-refractivity contribution >= 4 is 22.7 Å². The molecule has 4 rings (SSSR count). The molecular weight excluding hydrogens is 420 g/mol. The van der Waals surface area contributed by atoms with Gasteiger partial charge in [0.1, 0.15) is 17.4 Å². The molecular formula is C26H24N2OS2. The van der Waals surface area contributed by atoms with Crippen molar-refractivity contribution in [2.75, 3.05) is 13.1 Å². The highest BCUT2D eigenvalue weighted by Gasteiger charge is 2.07. The molecule has 31 heavy (non-hydrogen) atoms. The molecule has 0 aliphatic carbocycles. The third kappa shape index (κ3) is 6.28. The topological polar surface area (TPSA) is 25.4 Å². The van der Waals surface area contributed by atoms with Crippen LogP contribution in [0.2, 0.25) is 0 Å². The van der Waals surface area contributed by atoms with Gasteiger partial charge in [-0.3, -0.25) is 4.90 Å². The fourth-order valence-electron chi connectivity index (χ4n) is 3.11. The van der Waals surface area contributed by atoms with Gasteiger partial charge >= 0.3 is 0 Å². The quantitative estimate of drug-likeness (QED) is 0.297. The van der Waals surface area contributed by atoms with Crippen LogP contribution in [-0.4, -0.2) is 23.0 Å². The van der Waals surface area contributed by atoms with Gasteiger partial charge in [0.25, 0.3) is 0 Å². The van der Waals surface area contributed by atoms with Gasteiger partial charge in [0.2, 0.25) is 0 Å². The largest absolute Gasteiger partial charge is 0.486 e. The molecule has 0 amide bonds. The van der Waals surface area contributed by atoms with Crippen molar-refractivity contribution in [1.82, 2.24) is 9.88 Å². The Bertz CT molecular complexity index is 1140. The van der Waals surface area contributed by atoms with Crippen LogP contribution in [0, 0.1) is 11.8 Å². The highest BCUT2D eigenvalue weighted by molar-refractivity contribution is 7.10. The Labute approximate surface area is 192 Å². The maximum Gasteiger partial charge on any atom is 0.140 e. The van der Waals surface area contributed by atoms with Crippen LogP contribution >= 0.6 is 22.7 Å². The lowest BCUT2D eigenvalue weighted by atomic mass is 10.2. The monoisotopic (exact) mass is 444 g/mol. The Morgan fingerprint density at radius 2 is 1.94 bits per heavy atom. The molecule has 3 nitrogen and oxygen atoms in total. The van der Waals surface area contributed by atoms with Gasteiger partial charge in [0.15, 0.2) is 0 Å². The fourth-order valence-corrected chi connectivity index (χ4v) is 4.48. The third-order valence-corrected chi connectivity index (χ3v) is 6.30. The normalized spacial score (nSPS) is 10.6. The molecule has 0 unspecified atom stereocenters. The zero-order valence-electron chi connectivity index (χ0n) is 17.5. The van der Waals surface area contributed by atoms with Crippen molar-refractivity contribution in [1.29, 1.82) is 0 Å². The summed E-state index contributed by atoms with van der Waals surface area (Å²) in [5.41, 5.74) is 4.47. The van der Waals surface area contributed by atoms with Crippen molar-refractivity contribution in [3.05, 3.63) is 92.9 Å². The van der Waals surface area contributed by atoms with Crippen LogP contribution in [0.1, 0.15) is 23.1 Å². The van der Waals surface area contributed by atoms with E-state index in [1.165, 1.54) is 11.1 Å². The molecule has 0 saturated carbocycles. The average molecular weight is 445 g/mol. The van der Waals surface area contributed by atoms with E-state index in [4.69, 9.17) is 4.74 Å². The molecule has 2 heterocycles. The van der Waals surface area contributed by atoms with E-state index in [9.17, 15) is 0 Å². The molecule has 156 valence electrons. The summed E-state index contributed by atoms with van der Waals surface area (Å²) in [6.45, 7) is 5.17. The Kier molecular flexibility index (Phi) is 7.51. The number of benzene rings is 2. The second-order valence-corrected chi connectivity index (χ2v) is 8.77. The molecule has 4 aromatic rings. The molecule has 0 aliphatic heterocycles. The molecule has 2 aromatic carbocycles. The highest BCUT2D eigenvalue weighted by atomic mass is 32.1. The first kappa shape index (κ1) is 21.3. The zero-order chi connectivity index (χ0) is 21.3. The van der Waals surface area contributed by atoms with E-state index in [1.807, 2.05) is 42.5 Å². The Hall–Kier alpha value is -2.91. The lowest BCUT2D eigenvalue weighted by Crippen LogP contribution is -2.23. The van der Waals surface area contributed by atoms with Gasteiger partial charge < -0.3 is 4.74 Å². The molecule has 0 bridgehead atoms. The fraction of sp³-hybridized carbons (Fsp3) is 0.192. The predicted molar refractivity (Wildman–Crippen MR) is 130 cm³/mol. The Balaban J connectivity index is 1.32. The minimum absolute atomic E-state index is 0.484. The summed E-state index contributed by atoms with van der Waals surface area (Å²) in [4.78, 5) is 7.01. The zero-order valence-corrected chi connectivity index (χ0v) is 19.1. The van der Waals surface area contributed by atoms with E-state index in [2.05, 4.69) is 63.0 Å². The Morgan fingerprint density at radius 1 is 1.03 bits per heavy atom. The molecule has 0 N–H and O–H groups in total. The van der Waals surface area contributed by atoms with Gasteiger partial charge in [-0.15, -0.1) is 11.3 Å². The van der Waals surface area contributed by atoms with E-state index >= 15 is 0 Å². The van der Waals surface area contributed by atoms with E-state index in [-0.39, 0.29) is 0 Å². The average Bonchev–Trinajstić information content (AvgIpc) is 3.50. The van der Waals surface area contributed by atoms with Crippen LogP contribution in [0.4, 0.5) is 0 Å². The standard InChI is InChI=1S/C26H24N2OS2/c1-2-28(14-7-11-21-8-4-3-5-9-21)17-22-10-6-12-24(16-22)29-18-26-27-25(20-31-26)23-13-15-30-19-23/h3-6,8-10,12-13,15-16,19-20H,2,14,17-18H2,1H3. The molecule has 0 atom stereocenters. The predicted octanol–water partition coefficient (Wildman–Crippen LogP) is 6.32. The van der Waals surface area contributed by atoms with Crippen LogP contribution in [0.3, 0.4) is 0 Å². The first-order valence-electron chi connectivity index (χ1n) is 10.2. The van der Waals surface area contributed by atoms with Gasteiger partial charge in [-0.25, -0.2) is 4.98 Å². The minimum Gasteiger partial charge on any atom is -0.486 e. The number of thiophene rings is 1. The number of aromatic nitrogens is 1.